The molecule has 3 heteroatoms. The molecule has 0 bridgehead atoms. The Hall–Kier alpha value is -1.38. The Morgan fingerprint density at radius 3 is 1.94 bits per heavy atom. The van der Waals surface area contributed by atoms with E-state index in [-0.39, 0.29) is 27.4 Å². The maximum atomic E-state index is 3.24. The zero-order valence-electron chi connectivity index (χ0n) is 21.1. The van der Waals surface area contributed by atoms with Crippen LogP contribution in [0.25, 0.3) is 0 Å². The molecule has 1 saturated heterocycles. The molecule has 0 aromatic heterocycles. The molecule has 1 heterocycles. The van der Waals surface area contributed by atoms with Crippen molar-refractivity contribution in [2.24, 2.45) is 5.41 Å². The van der Waals surface area contributed by atoms with Gasteiger partial charge in [0.2, 0.25) is 0 Å². The minimum atomic E-state index is -0.675. The molecule has 1 radical (unpaired) electrons. The number of hydrogen-bond acceptors (Lipinski definition) is 0. The Labute approximate surface area is 234 Å². The molecule has 6 rings (SSSR count). The third-order valence-corrected chi connectivity index (χ3v) is 14.3. The van der Waals surface area contributed by atoms with E-state index >= 15 is 0 Å². The van der Waals surface area contributed by atoms with Crippen LogP contribution in [-0.4, -0.2) is 18.0 Å². The van der Waals surface area contributed by atoms with E-state index in [1.165, 1.54) is 50.8 Å². The van der Waals surface area contributed by atoms with Gasteiger partial charge >= 0.3 is 19.5 Å². The predicted molar refractivity (Wildman–Crippen MR) is 159 cm³/mol. The van der Waals surface area contributed by atoms with Crippen LogP contribution < -0.4 is 15.9 Å². The van der Waals surface area contributed by atoms with Crippen molar-refractivity contribution in [3.63, 3.8) is 0 Å². The van der Waals surface area contributed by atoms with Crippen molar-refractivity contribution in [1.82, 2.24) is 0 Å². The van der Waals surface area contributed by atoms with Gasteiger partial charge in [-0.3, -0.25) is 12.2 Å². The monoisotopic (exact) mass is 599 g/mol. The second-order valence-corrected chi connectivity index (χ2v) is 15.8. The average molecular weight is 600 g/mol. The molecule has 187 valence electrons. The van der Waals surface area contributed by atoms with Crippen molar-refractivity contribution in [3.05, 3.63) is 115 Å². The molecule has 3 aromatic rings. The average Bonchev–Trinajstić information content (AvgIpc) is 3.39. The summed E-state index contributed by atoms with van der Waals surface area (Å²) >= 11 is 0. The maximum Gasteiger partial charge on any atom is 2.00 e. The number of hydrogen-bond donors (Lipinski definition) is 0. The molecule has 0 N–H and O–H groups in total. The van der Waals surface area contributed by atoms with Crippen LogP contribution in [0.4, 0.5) is 0 Å². The SMILES string of the molecule is [C-]1=CCC2(C=[C-]C2)CC1.[Rh+2].c1ccc([PH+](CC[C@H]2CCC[PH+]2c2ccccc2)c2ccccc2)cc1. The van der Waals surface area contributed by atoms with Gasteiger partial charge in [0.25, 0.3) is 0 Å². The van der Waals surface area contributed by atoms with Gasteiger partial charge in [0.05, 0.1) is 41.8 Å². The zero-order valence-corrected chi connectivity index (χ0v) is 24.7. The summed E-state index contributed by atoms with van der Waals surface area (Å²) in [7, 11) is -1.05. The van der Waals surface area contributed by atoms with Crippen LogP contribution in [0.1, 0.15) is 44.9 Å². The molecule has 0 amide bonds. The standard InChI is InChI=1S/C24H26P2.C9H10.Rh/c1-4-11-21(12-5-1)25-19-10-17-24(25)18-20-26(22-13-6-2-7-14-22)23-15-8-3-9-16-23;1-2-5-9(6-3-1)7-4-8-9;/h1-9,11-16,24H,10,17-20H2;2,7H,3,5-6,8H2;/q;-2;+2/p+2/t24-,25?;;/m1../s1. The Kier molecular flexibility index (Phi) is 10.7. The van der Waals surface area contributed by atoms with E-state index in [1.54, 1.807) is 15.9 Å². The van der Waals surface area contributed by atoms with Gasteiger partial charge in [0.15, 0.2) is 0 Å². The summed E-state index contributed by atoms with van der Waals surface area (Å²) in [6, 6.07) is 33.9. The van der Waals surface area contributed by atoms with Crippen LogP contribution in [0.15, 0.2) is 103 Å². The molecule has 2 unspecified atom stereocenters. The van der Waals surface area contributed by atoms with Crippen LogP contribution in [0.2, 0.25) is 0 Å². The minimum Gasteiger partial charge on any atom is -0.501 e. The fraction of sp³-hybridized carbons (Fsp3) is 0.333. The normalized spacial score (nSPS) is 24.0. The van der Waals surface area contributed by atoms with E-state index in [2.05, 4.69) is 115 Å². The van der Waals surface area contributed by atoms with Crippen molar-refractivity contribution < 1.29 is 19.5 Å². The quantitative estimate of drug-likeness (QED) is 0.160. The van der Waals surface area contributed by atoms with Crippen molar-refractivity contribution in [3.8, 4) is 0 Å². The van der Waals surface area contributed by atoms with Crippen LogP contribution in [0.5, 0.6) is 0 Å². The molecule has 0 nitrogen and oxygen atoms in total. The molecular weight excluding hydrogens is 561 g/mol. The first-order chi connectivity index (χ1) is 17.3. The summed E-state index contributed by atoms with van der Waals surface area (Å²) in [5, 5.41) is 4.79. The van der Waals surface area contributed by atoms with Crippen LogP contribution >= 0.6 is 15.8 Å². The molecule has 1 aliphatic heterocycles. The van der Waals surface area contributed by atoms with E-state index in [0.29, 0.717) is 5.41 Å². The van der Waals surface area contributed by atoms with Gasteiger partial charge in [-0.15, -0.1) is 0 Å². The largest absolute Gasteiger partial charge is 2.00 e. The first-order valence-electron chi connectivity index (χ1n) is 13.3. The molecule has 2 aliphatic carbocycles. The maximum absolute atomic E-state index is 3.24. The second-order valence-electron chi connectivity index (χ2n) is 10.2. The Morgan fingerprint density at radius 1 is 0.833 bits per heavy atom. The number of rotatable bonds is 6. The smallest absolute Gasteiger partial charge is 0.501 e. The molecule has 1 fully saturated rings. The minimum absolute atomic E-state index is 0. The predicted octanol–water partition coefficient (Wildman–Crippen LogP) is 7.22. The zero-order chi connectivity index (χ0) is 23.8. The molecule has 1 spiro atoms. The van der Waals surface area contributed by atoms with E-state index in [4.69, 9.17) is 0 Å². The first kappa shape index (κ1) is 27.7. The van der Waals surface area contributed by atoms with Gasteiger partial charge in [0.1, 0.15) is 0 Å². The summed E-state index contributed by atoms with van der Waals surface area (Å²) < 4.78 is 0. The molecular formula is C33H38P2Rh+2. The van der Waals surface area contributed by atoms with E-state index in [0.717, 1.165) is 12.1 Å². The van der Waals surface area contributed by atoms with Crippen LogP contribution in [0.3, 0.4) is 0 Å². The summed E-state index contributed by atoms with van der Waals surface area (Å²) in [4.78, 5) is 0. The van der Waals surface area contributed by atoms with Crippen molar-refractivity contribution >= 4 is 31.8 Å². The van der Waals surface area contributed by atoms with Gasteiger partial charge in [-0.2, -0.15) is 12.8 Å². The van der Waals surface area contributed by atoms with Crippen LogP contribution in [-0.2, 0) is 19.5 Å². The summed E-state index contributed by atoms with van der Waals surface area (Å²) in [6.07, 6.45) is 22.8. The van der Waals surface area contributed by atoms with Gasteiger partial charge < -0.3 is 12.2 Å². The van der Waals surface area contributed by atoms with Gasteiger partial charge in [0, 0.05) is 14.3 Å². The fourth-order valence-electron chi connectivity index (χ4n) is 5.80. The molecule has 36 heavy (non-hydrogen) atoms. The first-order valence-corrected chi connectivity index (χ1v) is 16.8. The number of benzene rings is 3. The van der Waals surface area contributed by atoms with Crippen molar-refractivity contribution in [1.29, 1.82) is 0 Å². The van der Waals surface area contributed by atoms with E-state index in [1.807, 2.05) is 0 Å². The summed E-state index contributed by atoms with van der Waals surface area (Å²) in [6.45, 7) is 0. The molecule has 3 aromatic carbocycles. The summed E-state index contributed by atoms with van der Waals surface area (Å²) in [5.74, 6) is 0. The summed E-state index contributed by atoms with van der Waals surface area (Å²) in [5.41, 5.74) is 1.50. The molecule has 3 atom stereocenters. The van der Waals surface area contributed by atoms with E-state index < -0.39 is 7.92 Å². The van der Waals surface area contributed by atoms with E-state index in [9.17, 15) is 0 Å². The Balaban J connectivity index is 0.000000255. The van der Waals surface area contributed by atoms with Crippen molar-refractivity contribution in [2.75, 3.05) is 12.3 Å². The van der Waals surface area contributed by atoms with Gasteiger partial charge in [-0.1, -0.05) is 72.9 Å². The second kappa shape index (κ2) is 14.0. The third-order valence-electron chi connectivity index (χ3n) is 7.91. The molecule has 3 aliphatic rings. The van der Waals surface area contributed by atoms with Gasteiger partial charge in [-0.05, 0) is 49.2 Å². The number of allylic oxidation sites excluding steroid dienone is 4. The third kappa shape index (κ3) is 7.13. The molecule has 0 saturated carbocycles. The topological polar surface area (TPSA) is 0 Å². The Bertz CT molecular complexity index is 1060. The van der Waals surface area contributed by atoms with Gasteiger partial charge in [-0.25, -0.2) is 0 Å². The Morgan fingerprint density at radius 2 is 1.44 bits per heavy atom. The van der Waals surface area contributed by atoms with Crippen LogP contribution in [0, 0.1) is 17.6 Å². The van der Waals surface area contributed by atoms with Crippen molar-refractivity contribution in [2.45, 2.75) is 50.6 Å². The fourth-order valence-corrected chi connectivity index (χ4v) is 12.2.